The first-order chi connectivity index (χ1) is 11.6. The van der Waals surface area contributed by atoms with E-state index in [1.165, 1.54) is 18.4 Å². The number of nitrogens with zero attached hydrogens (tertiary/aromatic N) is 2. The summed E-state index contributed by atoms with van der Waals surface area (Å²) in [4.78, 5) is 29.1. The molecular formula is C17H20N2O4S. The summed E-state index contributed by atoms with van der Waals surface area (Å²) in [5.74, 6) is 0.330. The van der Waals surface area contributed by atoms with Crippen molar-refractivity contribution in [3.05, 3.63) is 46.4 Å². The van der Waals surface area contributed by atoms with Crippen LogP contribution in [0.5, 0.6) is 5.75 Å². The van der Waals surface area contributed by atoms with E-state index in [2.05, 4.69) is 9.72 Å². The molecule has 7 heteroatoms. The van der Waals surface area contributed by atoms with E-state index in [0.29, 0.717) is 37.3 Å². The average molecular weight is 348 g/mol. The average Bonchev–Trinajstić information content (AvgIpc) is 3.13. The van der Waals surface area contributed by atoms with Crippen LogP contribution in [0.4, 0.5) is 0 Å². The highest BCUT2D eigenvalue weighted by molar-refractivity contribution is 7.07. The first-order valence-electron chi connectivity index (χ1n) is 7.52. The molecule has 128 valence electrons. The number of rotatable bonds is 8. The third-order valence-electron chi connectivity index (χ3n) is 3.42. The van der Waals surface area contributed by atoms with E-state index in [4.69, 9.17) is 4.74 Å². The second-order valence-electron chi connectivity index (χ2n) is 5.20. The summed E-state index contributed by atoms with van der Waals surface area (Å²) in [7, 11) is 3.07. The fraction of sp³-hybridized carbons (Fsp3) is 0.353. The molecule has 1 amide bonds. The lowest BCUT2D eigenvalue weighted by Gasteiger charge is -2.17. The minimum Gasteiger partial charge on any atom is -0.487 e. The Balaban J connectivity index is 1.82. The van der Waals surface area contributed by atoms with Crippen LogP contribution in [0.15, 0.2) is 35.2 Å². The van der Waals surface area contributed by atoms with Crippen molar-refractivity contribution in [2.24, 2.45) is 0 Å². The van der Waals surface area contributed by atoms with E-state index >= 15 is 0 Å². The molecule has 1 aromatic carbocycles. The summed E-state index contributed by atoms with van der Waals surface area (Å²) in [6.07, 6.45) is 0.876. The Morgan fingerprint density at radius 2 is 2.00 bits per heavy atom. The third kappa shape index (κ3) is 5.34. The highest BCUT2D eigenvalue weighted by atomic mass is 32.1. The Labute approximate surface area is 145 Å². The van der Waals surface area contributed by atoms with Gasteiger partial charge in [0.2, 0.25) is 0 Å². The monoisotopic (exact) mass is 348 g/mol. The number of ether oxygens (including phenoxy) is 2. The highest BCUT2D eigenvalue weighted by Gasteiger charge is 2.12. The topological polar surface area (TPSA) is 68.7 Å². The lowest BCUT2D eigenvalue weighted by atomic mass is 10.2. The molecule has 0 saturated heterocycles. The van der Waals surface area contributed by atoms with Crippen molar-refractivity contribution < 1.29 is 19.1 Å². The summed E-state index contributed by atoms with van der Waals surface area (Å²) in [5, 5.41) is 1.93. The van der Waals surface area contributed by atoms with Gasteiger partial charge in [0.1, 0.15) is 12.4 Å². The van der Waals surface area contributed by atoms with E-state index in [9.17, 15) is 9.59 Å². The van der Waals surface area contributed by atoms with Crippen LogP contribution < -0.4 is 4.74 Å². The molecule has 0 bridgehead atoms. The number of thiazole rings is 1. The van der Waals surface area contributed by atoms with Crippen molar-refractivity contribution >= 4 is 23.2 Å². The minimum atomic E-state index is -0.266. The molecule has 0 saturated carbocycles. The minimum absolute atomic E-state index is 0.0917. The van der Waals surface area contributed by atoms with Crippen molar-refractivity contribution in [1.82, 2.24) is 9.88 Å². The Morgan fingerprint density at radius 1 is 1.25 bits per heavy atom. The maximum atomic E-state index is 12.3. The number of esters is 1. The Bertz CT molecular complexity index is 656. The van der Waals surface area contributed by atoms with Gasteiger partial charge in [0, 0.05) is 31.0 Å². The van der Waals surface area contributed by atoms with Gasteiger partial charge in [0.25, 0.3) is 5.91 Å². The number of hydrogen-bond donors (Lipinski definition) is 0. The van der Waals surface area contributed by atoms with Gasteiger partial charge in [0.15, 0.2) is 0 Å². The standard InChI is InChI=1S/C17H20N2O4S/c1-19(9-3-4-16(20)22-2)17(21)13-5-7-15(8-6-13)23-10-14-11-24-12-18-14/h5-8,11-12H,3-4,9-10H2,1-2H3. The van der Waals surface area contributed by atoms with Crippen LogP contribution in [0, 0.1) is 0 Å². The number of benzene rings is 1. The van der Waals surface area contributed by atoms with Gasteiger partial charge in [-0.1, -0.05) is 0 Å². The zero-order valence-corrected chi connectivity index (χ0v) is 14.5. The highest BCUT2D eigenvalue weighted by Crippen LogP contribution is 2.15. The summed E-state index contributed by atoms with van der Waals surface area (Å²) < 4.78 is 10.2. The van der Waals surface area contributed by atoms with Crippen LogP contribution in [-0.4, -0.2) is 42.5 Å². The maximum absolute atomic E-state index is 12.3. The molecule has 0 N–H and O–H groups in total. The number of amides is 1. The van der Waals surface area contributed by atoms with E-state index < -0.39 is 0 Å². The molecule has 0 unspecified atom stereocenters. The number of hydrogen-bond acceptors (Lipinski definition) is 6. The number of methoxy groups -OCH3 is 1. The predicted octanol–water partition coefficient (Wildman–Crippen LogP) is 2.75. The van der Waals surface area contributed by atoms with Crippen LogP contribution in [0.25, 0.3) is 0 Å². The van der Waals surface area contributed by atoms with Crippen LogP contribution >= 0.6 is 11.3 Å². The Hall–Kier alpha value is -2.41. The van der Waals surface area contributed by atoms with Crippen LogP contribution in [0.1, 0.15) is 28.9 Å². The molecule has 0 aliphatic rings. The molecule has 0 radical (unpaired) electrons. The second kappa shape index (κ2) is 9.02. The fourth-order valence-electron chi connectivity index (χ4n) is 2.04. The van der Waals surface area contributed by atoms with Crippen molar-refractivity contribution in [3.63, 3.8) is 0 Å². The fourth-order valence-corrected chi connectivity index (χ4v) is 2.59. The van der Waals surface area contributed by atoms with Gasteiger partial charge in [-0.3, -0.25) is 9.59 Å². The van der Waals surface area contributed by atoms with Crippen molar-refractivity contribution in [2.45, 2.75) is 19.4 Å². The molecule has 24 heavy (non-hydrogen) atoms. The molecule has 1 heterocycles. The summed E-state index contributed by atoms with van der Waals surface area (Å²) in [6.45, 7) is 0.903. The third-order valence-corrected chi connectivity index (χ3v) is 4.06. The van der Waals surface area contributed by atoms with Crippen molar-refractivity contribution in [2.75, 3.05) is 20.7 Å². The number of carbonyl (C=O) groups is 2. The van der Waals surface area contributed by atoms with E-state index in [0.717, 1.165) is 5.69 Å². The summed E-state index contributed by atoms with van der Waals surface area (Å²) in [5.41, 5.74) is 3.22. The van der Waals surface area contributed by atoms with Gasteiger partial charge >= 0.3 is 5.97 Å². The molecule has 0 atom stereocenters. The molecule has 2 rings (SSSR count). The number of carbonyl (C=O) groups excluding carboxylic acids is 2. The lowest BCUT2D eigenvalue weighted by Crippen LogP contribution is -2.28. The van der Waals surface area contributed by atoms with Gasteiger partial charge in [0.05, 0.1) is 18.3 Å². The van der Waals surface area contributed by atoms with E-state index in [1.807, 2.05) is 5.38 Å². The van der Waals surface area contributed by atoms with Gasteiger partial charge in [-0.25, -0.2) is 4.98 Å². The molecule has 1 aromatic heterocycles. The summed E-state index contributed by atoms with van der Waals surface area (Å²) >= 11 is 1.52. The van der Waals surface area contributed by atoms with Gasteiger partial charge in [-0.2, -0.15) is 0 Å². The summed E-state index contributed by atoms with van der Waals surface area (Å²) in [6, 6.07) is 6.99. The van der Waals surface area contributed by atoms with Gasteiger partial charge in [-0.05, 0) is 30.7 Å². The molecule has 6 nitrogen and oxygen atoms in total. The molecule has 0 spiro atoms. The quantitative estimate of drug-likeness (QED) is 0.686. The van der Waals surface area contributed by atoms with Gasteiger partial charge in [-0.15, -0.1) is 11.3 Å². The lowest BCUT2D eigenvalue weighted by molar-refractivity contribution is -0.140. The van der Waals surface area contributed by atoms with Crippen molar-refractivity contribution in [1.29, 1.82) is 0 Å². The van der Waals surface area contributed by atoms with E-state index in [1.54, 1.807) is 41.7 Å². The van der Waals surface area contributed by atoms with E-state index in [-0.39, 0.29) is 11.9 Å². The van der Waals surface area contributed by atoms with Crippen LogP contribution in [0.2, 0.25) is 0 Å². The van der Waals surface area contributed by atoms with Crippen LogP contribution in [-0.2, 0) is 16.1 Å². The number of aromatic nitrogens is 1. The van der Waals surface area contributed by atoms with Gasteiger partial charge < -0.3 is 14.4 Å². The Morgan fingerprint density at radius 3 is 2.62 bits per heavy atom. The zero-order valence-electron chi connectivity index (χ0n) is 13.7. The van der Waals surface area contributed by atoms with Crippen LogP contribution in [0.3, 0.4) is 0 Å². The largest absolute Gasteiger partial charge is 0.487 e. The molecule has 2 aromatic rings. The molecular weight excluding hydrogens is 328 g/mol. The normalized spacial score (nSPS) is 10.2. The smallest absolute Gasteiger partial charge is 0.305 e. The van der Waals surface area contributed by atoms with Crippen molar-refractivity contribution in [3.8, 4) is 5.75 Å². The predicted molar refractivity (Wildman–Crippen MR) is 91.1 cm³/mol. The molecule has 0 aliphatic carbocycles. The first-order valence-corrected chi connectivity index (χ1v) is 8.46. The Kier molecular flexibility index (Phi) is 6.74. The molecule has 0 aliphatic heterocycles. The first kappa shape index (κ1) is 17.9. The maximum Gasteiger partial charge on any atom is 0.305 e. The zero-order chi connectivity index (χ0) is 17.4. The molecule has 0 fully saturated rings. The second-order valence-corrected chi connectivity index (χ2v) is 5.92. The SMILES string of the molecule is COC(=O)CCCN(C)C(=O)c1ccc(OCc2cscn2)cc1.